The molecule has 0 atom stereocenters. The topological polar surface area (TPSA) is 89.8 Å². The van der Waals surface area contributed by atoms with Gasteiger partial charge in [-0.05, 0) is 48.6 Å². The predicted molar refractivity (Wildman–Crippen MR) is 131 cm³/mol. The smallest absolute Gasteiger partial charge is 0.353 e. The van der Waals surface area contributed by atoms with Gasteiger partial charge in [0.2, 0.25) is 0 Å². The van der Waals surface area contributed by atoms with E-state index in [9.17, 15) is 20.4 Å². The number of nitriles is 2. The van der Waals surface area contributed by atoms with E-state index in [4.69, 9.17) is 0 Å². The molecule has 0 saturated carbocycles. The average molecular weight is 454 g/mol. The molecule has 6 heteroatoms. The van der Waals surface area contributed by atoms with E-state index in [0.29, 0.717) is 33.7 Å². The van der Waals surface area contributed by atoms with Gasteiger partial charge in [-0.25, -0.2) is 4.79 Å². The molecule has 3 aromatic rings. The summed E-state index contributed by atoms with van der Waals surface area (Å²) in [4.78, 5) is 13.1. The Hall–Kier alpha value is -4.00. The third kappa shape index (κ3) is 4.92. The number of aromatic carboxylic acids is 1. The minimum Gasteiger partial charge on any atom is -0.477 e. The molecule has 5 nitrogen and oxygen atoms in total. The van der Waals surface area contributed by atoms with Gasteiger partial charge in [0, 0.05) is 23.1 Å². The van der Waals surface area contributed by atoms with Gasteiger partial charge < -0.3 is 9.67 Å². The van der Waals surface area contributed by atoms with Crippen molar-refractivity contribution in [2.45, 2.75) is 29.7 Å². The second-order valence-electron chi connectivity index (χ2n) is 7.41. The number of carbonyl (C=O) groups is 1. The van der Waals surface area contributed by atoms with Gasteiger partial charge in [-0.1, -0.05) is 60.3 Å². The molecule has 0 fully saturated rings. The van der Waals surface area contributed by atoms with Crippen LogP contribution in [0.2, 0.25) is 0 Å². The molecule has 0 amide bonds. The fraction of sp³-hybridized carbons (Fsp3) is 0.148. The van der Waals surface area contributed by atoms with Crippen molar-refractivity contribution in [2.75, 3.05) is 0 Å². The molecule has 33 heavy (non-hydrogen) atoms. The first-order chi connectivity index (χ1) is 15.9. The van der Waals surface area contributed by atoms with Crippen LogP contribution in [0.4, 0.5) is 0 Å². The van der Waals surface area contributed by atoms with Crippen molar-refractivity contribution in [3.63, 3.8) is 0 Å². The highest BCUT2D eigenvalue weighted by Gasteiger charge is 2.27. The molecule has 1 heterocycles. The van der Waals surface area contributed by atoms with Gasteiger partial charge in [-0.3, -0.25) is 0 Å². The predicted octanol–water partition coefficient (Wildman–Crippen LogP) is 6.68. The average Bonchev–Trinajstić information content (AvgIpc) is 3.11. The quantitative estimate of drug-likeness (QED) is 0.304. The Morgan fingerprint density at radius 1 is 1.15 bits per heavy atom. The van der Waals surface area contributed by atoms with Gasteiger partial charge in [-0.15, -0.1) is 6.58 Å². The molecule has 2 aromatic carbocycles. The zero-order chi connectivity index (χ0) is 24.0. The van der Waals surface area contributed by atoms with E-state index in [1.807, 2.05) is 60.7 Å². The van der Waals surface area contributed by atoms with Crippen molar-refractivity contribution in [1.29, 1.82) is 10.5 Å². The molecule has 0 unspecified atom stereocenters. The number of hydrogen-bond donors (Lipinski definition) is 1. The number of hydrogen-bond acceptors (Lipinski definition) is 4. The first-order valence-electron chi connectivity index (χ1n) is 10.3. The molecule has 3 rings (SSSR count). The monoisotopic (exact) mass is 453 g/mol. The zero-order valence-electron chi connectivity index (χ0n) is 18.5. The Balaban J connectivity index is 2.14. The summed E-state index contributed by atoms with van der Waals surface area (Å²) in [6.45, 7) is 5.54. The molecule has 0 spiro atoms. The van der Waals surface area contributed by atoms with E-state index in [0.717, 1.165) is 22.5 Å². The minimum atomic E-state index is -1.10. The maximum absolute atomic E-state index is 12.2. The maximum atomic E-state index is 12.2. The molecule has 0 aliphatic rings. The number of allylic oxidation sites excluding steroid dienone is 3. The van der Waals surface area contributed by atoms with E-state index in [2.05, 4.69) is 18.7 Å². The lowest BCUT2D eigenvalue weighted by atomic mass is 9.94. The SMILES string of the molecule is C=CCC/C(=C(\C)C#N)c1ccc(-c2c(C#N)c(Sc3ccccc3)n(C)c2C(=O)O)cc1. The highest BCUT2D eigenvalue weighted by Crippen LogP contribution is 2.40. The lowest BCUT2D eigenvalue weighted by Crippen LogP contribution is -2.06. The highest BCUT2D eigenvalue weighted by atomic mass is 32.2. The minimum absolute atomic E-state index is 0.0633. The second kappa shape index (κ2) is 10.5. The van der Waals surface area contributed by atoms with Crippen LogP contribution in [-0.4, -0.2) is 15.6 Å². The van der Waals surface area contributed by atoms with Crippen LogP contribution >= 0.6 is 11.8 Å². The van der Waals surface area contributed by atoms with Crippen LogP contribution < -0.4 is 0 Å². The van der Waals surface area contributed by atoms with Crippen LogP contribution in [0.1, 0.15) is 41.4 Å². The van der Waals surface area contributed by atoms with Crippen LogP contribution in [0.3, 0.4) is 0 Å². The van der Waals surface area contributed by atoms with Gasteiger partial charge >= 0.3 is 5.97 Å². The number of nitrogens with zero attached hydrogens (tertiary/aromatic N) is 3. The molecule has 1 aromatic heterocycles. The summed E-state index contributed by atoms with van der Waals surface area (Å²) >= 11 is 1.36. The molecular weight excluding hydrogens is 430 g/mol. The van der Waals surface area contributed by atoms with E-state index < -0.39 is 5.97 Å². The Kier molecular flexibility index (Phi) is 7.56. The van der Waals surface area contributed by atoms with Gasteiger partial charge in [0.05, 0.1) is 16.7 Å². The largest absolute Gasteiger partial charge is 0.477 e. The van der Waals surface area contributed by atoms with Crippen molar-refractivity contribution in [2.24, 2.45) is 7.05 Å². The van der Waals surface area contributed by atoms with Gasteiger partial charge in [0.15, 0.2) is 0 Å². The van der Waals surface area contributed by atoms with Gasteiger partial charge in [0.1, 0.15) is 11.8 Å². The van der Waals surface area contributed by atoms with Crippen LogP contribution in [0.5, 0.6) is 0 Å². The molecule has 0 saturated heterocycles. The number of benzene rings is 2. The summed E-state index contributed by atoms with van der Waals surface area (Å²) in [5, 5.41) is 29.9. The number of rotatable bonds is 8. The molecule has 0 bridgehead atoms. The molecule has 1 N–H and O–H groups in total. The fourth-order valence-corrected chi connectivity index (χ4v) is 4.71. The number of carboxylic acids is 1. The van der Waals surface area contributed by atoms with Crippen molar-refractivity contribution in [3.8, 4) is 23.3 Å². The maximum Gasteiger partial charge on any atom is 0.353 e. The van der Waals surface area contributed by atoms with E-state index in [1.54, 1.807) is 18.5 Å². The summed E-state index contributed by atoms with van der Waals surface area (Å²) in [5.74, 6) is -1.10. The standard InChI is InChI=1S/C27H23N3O2S/c1-4-5-11-22(18(2)16-28)19-12-14-20(15-13-19)24-23(17-29)26(30(3)25(24)27(31)32)33-21-9-7-6-8-10-21/h4,6-10,12-15H,1,5,11H2,2-3H3,(H,31,32)/b22-18-. The van der Waals surface area contributed by atoms with E-state index in [1.165, 1.54) is 11.8 Å². The highest BCUT2D eigenvalue weighted by molar-refractivity contribution is 7.99. The summed E-state index contributed by atoms with van der Waals surface area (Å²) in [6, 6.07) is 21.3. The Labute approximate surface area is 197 Å². The summed E-state index contributed by atoms with van der Waals surface area (Å²) in [6.07, 6.45) is 3.25. The van der Waals surface area contributed by atoms with Crippen LogP contribution in [-0.2, 0) is 7.05 Å². The van der Waals surface area contributed by atoms with Crippen molar-refractivity contribution in [1.82, 2.24) is 4.57 Å². The van der Waals surface area contributed by atoms with E-state index >= 15 is 0 Å². The van der Waals surface area contributed by atoms with Crippen molar-refractivity contribution >= 4 is 23.3 Å². The summed E-state index contributed by atoms with van der Waals surface area (Å²) < 4.78 is 1.57. The molecule has 0 aliphatic heterocycles. The Bertz CT molecular complexity index is 1300. The molecule has 0 aliphatic carbocycles. The van der Waals surface area contributed by atoms with Crippen LogP contribution in [0.25, 0.3) is 16.7 Å². The summed E-state index contributed by atoms with van der Waals surface area (Å²) in [5.41, 5.74) is 3.88. The second-order valence-corrected chi connectivity index (χ2v) is 8.48. The van der Waals surface area contributed by atoms with Crippen molar-refractivity contribution < 1.29 is 9.90 Å². The first kappa shape index (κ1) is 23.7. The number of carboxylic acid groups (broad SMARTS) is 1. The Morgan fingerprint density at radius 3 is 2.36 bits per heavy atom. The van der Waals surface area contributed by atoms with Crippen molar-refractivity contribution in [3.05, 3.63) is 89.6 Å². The zero-order valence-corrected chi connectivity index (χ0v) is 19.3. The number of aromatic nitrogens is 1. The lowest BCUT2D eigenvalue weighted by Gasteiger charge is -2.10. The third-order valence-electron chi connectivity index (χ3n) is 5.35. The van der Waals surface area contributed by atoms with Crippen LogP contribution in [0.15, 0.2) is 82.7 Å². The third-order valence-corrected chi connectivity index (χ3v) is 6.53. The van der Waals surface area contributed by atoms with Crippen LogP contribution in [0, 0.1) is 22.7 Å². The van der Waals surface area contributed by atoms with E-state index in [-0.39, 0.29) is 5.69 Å². The fourth-order valence-electron chi connectivity index (χ4n) is 3.72. The Morgan fingerprint density at radius 2 is 1.82 bits per heavy atom. The van der Waals surface area contributed by atoms with Gasteiger partial charge in [-0.2, -0.15) is 10.5 Å². The lowest BCUT2D eigenvalue weighted by molar-refractivity contribution is 0.0686. The molecule has 164 valence electrons. The molecular formula is C27H23N3O2S. The molecule has 0 radical (unpaired) electrons. The van der Waals surface area contributed by atoms with Gasteiger partial charge in [0.25, 0.3) is 0 Å². The normalized spacial score (nSPS) is 11.3. The first-order valence-corrected chi connectivity index (χ1v) is 11.1. The summed E-state index contributed by atoms with van der Waals surface area (Å²) in [7, 11) is 1.67.